The van der Waals surface area contributed by atoms with Crippen molar-refractivity contribution in [2.45, 2.75) is 19.3 Å². The maximum Gasteiger partial charge on any atom is 0.307 e. The van der Waals surface area contributed by atoms with Crippen LogP contribution in [-0.4, -0.2) is 48.4 Å². The van der Waals surface area contributed by atoms with Gasteiger partial charge in [0.05, 0.1) is 12.1 Å². The third-order valence-electron chi connectivity index (χ3n) is 5.45. The fourth-order valence-electron chi connectivity index (χ4n) is 4.03. The molecule has 5 nitrogen and oxygen atoms in total. The highest BCUT2D eigenvalue weighted by Crippen LogP contribution is 2.36. The van der Waals surface area contributed by atoms with Gasteiger partial charge in [-0.2, -0.15) is 0 Å². The predicted octanol–water partition coefficient (Wildman–Crippen LogP) is 3.40. The maximum absolute atomic E-state index is 11.1. The van der Waals surface area contributed by atoms with E-state index in [4.69, 9.17) is 9.94 Å². The first-order valence-electron chi connectivity index (χ1n) is 9.52. The van der Waals surface area contributed by atoms with E-state index in [-0.39, 0.29) is 5.92 Å². The Balaban J connectivity index is 1.27. The van der Waals surface area contributed by atoms with E-state index in [0.29, 0.717) is 19.7 Å². The molecule has 1 saturated heterocycles. The average molecular weight is 364 g/mol. The lowest BCUT2D eigenvalue weighted by Gasteiger charge is -2.29. The third-order valence-corrected chi connectivity index (χ3v) is 5.45. The molecular formula is C22H24N2O3. The number of aliphatic carboxylic acids is 1. The van der Waals surface area contributed by atoms with Crippen molar-refractivity contribution >= 4 is 12.2 Å². The summed E-state index contributed by atoms with van der Waals surface area (Å²) in [5, 5.41) is 13.2. The smallest absolute Gasteiger partial charge is 0.307 e. The van der Waals surface area contributed by atoms with Crippen molar-refractivity contribution in [3.8, 4) is 11.1 Å². The minimum atomic E-state index is -0.697. The highest BCUT2D eigenvalue weighted by atomic mass is 16.6. The summed E-state index contributed by atoms with van der Waals surface area (Å²) in [6.07, 6.45) is 4.41. The SMILES string of the molecule is O=C(O)C1CCCN(CCO/N=C/c2ccc3c(c2)Cc2ccccc2-3)C1. The van der Waals surface area contributed by atoms with Crippen LogP contribution in [0.2, 0.25) is 0 Å². The molecule has 1 aliphatic carbocycles. The van der Waals surface area contributed by atoms with E-state index in [9.17, 15) is 4.79 Å². The molecule has 27 heavy (non-hydrogen) atoms. The molecule has 0 bridgehead atoms. The number of carbonyl (C=O) groups is 1. The number of hydrogen-bond donors (Lipinski definition) is 1. The predicted molar refractivity (Wildman–Crippen MR) is 105 cm³/mol. The summed E-state index contributed by atoms with van der Waals surface area (Å²) in [5.74, 6) is -0.949. The lowest BCUT2D eigenvalue weighted by atomic mass is 9.98. The molecule has 0 radical (unpaired) electrons. The average Bonchev–Trinajstić information content (AvgIpc) is 3.05. The molecule has 5 heteroatoms. The zero-order valence-corrected chi connectivity index (χ0v) is 15.3. The van der Waals surface area contributed by atoms with E-state index in [1.165, 1.54) is 22.3 Å². The van der Waals surface area contributed by atoms with Crippen molar-refractivity contribution in [2.24, 2.45) is 11.1 Å². The highest BCUT2D eigenvalue weighted by molar-refractivity contribution is 5.84. The largest absolute Gasteiger partial charge is 0.481 e. The van der Waals surface area contributed by atoms with E-state index in [0.717, 1.165) is 31.4 Å². The third kappa shape index (κ3) is 4.03. The molecule has 1 unspecified atom stereocenters. The zero-order chi connectivity index (χ0) is 18.6. The molecule has 0 saturated carbocycles. The molecule has 1 aliphatic heterocycles. The second kappa shape index (κ2) is 7.92. The zero-order valence-electron chi connectivity index (χ0n) is 15.3. The van der Waals surface area contributed by atoms with E-state index in [1.807, 2.05) is 0 Å². The Morgan fingerprint density at radius 2 is 2.07 bits per heavy atom. The normalized spacial score (nSPS) is 19.0. The second-order valence-electron chi connectivity index (χ2n) is 7.30. The monoisotopic (exact) mass is 364 g/mol. The van der Waals surface area contributed by atoms with Crippen LogP contribution in [0.15, 0.2) is 47.6 Å². The molecule has 1 N–H and O–H groups in total. The van der Waals surface area contributed by atoms with Crippen molar-refractivity contribution in [3.05, 3.63) is 59.2 Å². The van der Waals surface area contributed by atoms with Gasteiger partial charge in [-0.1, -0.05) is 41.6 Å². The fraction of sp³-hybridized carbons (Fsp3) is 0.364. The van der Waals surface area contributed by atoms with Gasteiger partial charge in [0, 0.05) is 13.1 Å². The van der Waals surface area contributed by atoms with Crippen LogP contribution in [0.25, 0.3) is 11.1 Å². The summed E-state index contributed by atoms with van der Waals surface area (Å²) in [4.78, 5) is 18.6. The van der Waals surface area contributed by atoms with Crippen LogP contribution >= 0.6 is 0 Å². The van der Waals surface area contributed by atoms with Crippen LogP contribution in [-0.2, 0) is 16.1 Å². The molecule has 0 spiro atoms. The molecular weight excluding hydrogens is 340 g/mol. The van der Waals surface area contributed by atoms with Crippen molar-refractivity contribution in [1.82, 2.24) is 4.90 Å². The number of benzene rings is 2. The quantitative estimate of drug-likeness (QED) is 0.414. The Kier molecular flexibility index (Phi) is 5.21. The summed E-state index contributed by atoms with van der Waals surface area (Å²) in [7, 11) is 0. The second-order valence-corrected chi connectivity index (χ2v) is 7.30. The van der Waals surface area contributed by atoms with Gasteiger partial charge in [0.2, 0.25) is 0 Å². The van der Waals surface area contributed by atoms with Crippen LogP contribution in [0.3, 0.4) is 0 Å². The lowest BCUT2D eigenvalue weighted by molar-refractivity contribution is -0.143. The fourth-order valence-corrected chi connectivity index (χ4v) is 4.03. The van der Waals surface area contributed by atoms with Crippen molar-refractivity contribution in [3.63, 3.8) is 0 Å². The number of rotatable bonds is 6. The number of fused-ring (bicyclic) bond motifs is 3. The van der Waals surface area contributed by atoms with E-state index in [1.54, 1.807) is 6.21 Å². The van der Waals surface area contributed by atoms with Gasteiger partial charge < -0.3 is 9.94 Å². The van der Waals surface area contributed by atoms with Gasteiger partial charge >= 0.3 is 5.97 Å². The standard InChI is InChI=1S/C22H24N2O3/c25-22(26)18-5-3-9-24(15-18)10-11-27-23-14-16-7-8-21-19(12-16)13-17-4-1-2-6-20(17)21/h1-2,4,6-8,12,14,18H,3,5,9-11,13,15H2,(H,25,26)/b23-14+. The maximum atomic E-state index is 11.1. The van der Waals surface area contributed by atoms with E-state index in [2.05, 4.69) is 52.5 Å². The van der Waals surface area contributed by atoms with Crippen LogP contribution in [0.5, 0.6) is 0 Å². The van der Waals surface area contributed by atoms with Gasteiger partial charge in [0.15, 0.2) is 0 Å². The van der Waals surface area contributed by atoms with E-state index >= 15 is 0 Å². The van der Waals surface area contributed by atoms with Gasteiger partial charge in [-0.05, 0) is 59.7 Å². The highest BCUT2D eigenvalue weighted by Gasteiger charge is 2.25. The number of hydrogen-bond acceptors (Lipinski definition) is 4. The van der Waals surface area contributed by atoms with Gasteiger partial charge in [-0.3, -0.25) is 9.69 Å². The summed E-state index contributed by atoms with van der Waals surface area (Å²) in [5.41, 5.74) is 6.37. The molecule has 4 rings (SSSR count). The molecule has 0 aromatic heterocycles. The molecule has 2 aromatic carbocycles. The molecule has 0 amide bonds. The topological polar surface area (TPSA) is 62.1 Å². The number of carboxylic acid groups (broad SMARTS) is 1. The van der Waals surface area contributed by atoms with E-state index < -0.39 is 5.97 Å². The molecule has 1 heterocycles. The summed E-state index contributed by atoms with van der Waals surface area (Å²) < 4.78 is 0. The van der Waals surface area contributed by atoms with Gasteiger partial charge in [-0.25, -0.2) is 0 Å². The summed E-state index contributed by atoms with van der Waals surface area (Å²) in [6, 6.07) is 14.9. The van der Waals surface area contributed by atoms with Gasteiger partial charge in [0.1, 0.15) is 6.61 Å². The van der Waals surface area contributed by atoms with Crippen LogP contribution in [0.1, 0.15) is 29.5 Å². The first kappa shape index (κ1) is 17.7. The van der Waals surface area contributed by atoms with Gasteiger partial charge in [-0.15, -0.1) is 0 Å². The van der Waals surface area contributed by atoms with Crippen molar-refractivity contribution in [1.29, 1.82) is 0 Å². The Morgan fingerprint density at radius 3 is 2.96 bits per heavy atom. The first-order chi connectivity index (χ1) is 13.2. The van der Waals surface area contributed by atoms with Crippen LogP contribution < -0.4 is 0 Å². The van der Waals surface area contributed by atoms with Crippen LogP contribution in [0, 0.1) is 5.92 Å². The van der Waals surface area contributed by atoms with Crippen LogP contribution in [0.4, 0.5) is 0 Å². The molecule has 1 fully saturated rings. The molecule has 2 aromatic rings. The number of likely N-dealkylation sites (tertiary alicyclic amines) is 1. The first-order valence-corrected chi connectivity index (χ1v) is 9.52. The summed E-state index contributed by atoms with van der Waals surface area (Å²) in [6.45, 7) is 2.72. The molecule has 1 atom stereocenters. The molecule has 140 valence electrons. The Bertz CT molecular complexity index is 862. The Labute approximate surface area is 159 Å². The number of piperidine rings is 1. The van der Waals surface area contributed by atoms with Gasteiger partial charge in [0.25, 0.3) is 0 Å². The minimum absolute atomic E-state index is 0.252. The summed E-state index contributed by atoms with van der Waals surface area (Å²) >= 11 is 0. The molecule has 2 aliphatic rings. The minimum Gasteiger partial charge on any atom is -0.481 e. The lowest BCUT2D eigenvalue weighted by Crippen LogP contribution is -2.40. The number of oxime groups is 1. The Hall–Kier alpha value is -2.66. The Morgan fingerprint density at radius 1 is 1.22 bits per heavy atom. The van der Waals surface area contributed by atoms with Crippen molar-refractivity contribution < 1.29 is 14.7 Å². The van der Waals surface area contributed by atoms with Crippen molar-refractivity contribution in [2.75, 3.05) is 26.2 Å². The number of nitrogens with zero attached hydrogens (tertiary/aromatic N) is 2. The number of carboxylic acids is 1.